The zero-order chi connectivity index (χ0) is 14.4. The fourth-order valence-electron chi connectivity index (χ4n) is 1.84. The Hall–Kier alpha value is -0.650. The number of aliphatic hydroxyl groups is 2. The van der Waals surface area contributed by atoms with Crippen molar-refractivity contribution in [2.75, 3.05) is 26.3 Å². The van der Waals surface area contributed by atoms with E-state index in [1.165, 1.54) is 6.07 Å². The normalized spacial score (nSPS) is 12.7. The molecule has 0 bridgehead atoms. The molecule has 0 aliphatic heterocycles. The molecule has 1 aromatic rings. The zero-order valence-electron chi connectivity index (χ0n) is 10.6. The summed E-state index contributed by atoms with van der Waals surface area (Å²) in [4.78, 5) is 14.0. The van der Waals surface area contributed by atoms with Gasteiger partial charge in [0, 0.05) is 23.7 Å². The second kappa shape index (κ2) is 7.82. The van der Waals surface area contributed by atoms with E-state index in [1.807, 2.05) is 0 Å². The van der Waals surface area contributed by atoms with Crippen LogP contribution in [-0.4, -0.2) is 53.2 Å². The molecule has 0 saturated heterocycles. The number of ketones is 1. The molecule has 106 valence electrons. The predicted molar refractivity (Wildman–Crippen MR) is 76.0 cm³/mol. The van der Waals surface area contributed by atoms with Crippen molar-refractivity contribution in [3.05, 3.63) is 33.8 Å². The number of carbonyl (C=O) groups is 1. The summed E-state index contributed by atoms with van der Waals surface area (Å²) in [7, 11) is 0. The van der Waals surface area contributed by atoms with E-state index < -0.39 is 6.04 Å². The molecular weight excluding hydrogens is 289 g/mol. The van der Waals surface area contributed by atoms with Crippen molar-refractivity contribution in [3.63, 3.8) is 0 Å². The second-order valence-electron chi connectivity index (χ2n) is 4.15. The summed E-state index contributed by atoms with van der Waals surface area (Å²) in [6, 6.07) is 4.24. The SMILES string of the molecule is CC(C(=O)c1ccc(Cl)cc1Cl)N(CCO)CCO. The molecule has 4 nitrogen and oxygen atoms in total. The maximum atomic E-state index is 12.3. The molecule has 0 radical (unpaired) electrons. The van der Waals surface area contributed by atoms with Crippen LogP contribution in [0.4, 0.5) is 0 Å². The van der Waals surface area contributed by atoms with Crippen LogP contribution in [0.3, 0.4) is 0 Å². The lowest BCUT2D eigenvalue weighted by Crippen LogP contribution is -2.42. The van der Waals surface area contributed by atoms with Crippen LogP contribution in [0.2, 0.25) is 10.0 Å². The molecule has 1 aromatic carbocycles. The van der Waals surface area contributed by atoms with E-state index in [1.54, 1.807) is 24.0 Å². The van der Waals surface area contributed by atoms with Crippen molar-refractivity contribution in [1.29, 1.82) is 0 Å². The van der Waals surface area contributed by atoms with E-state index in [9.17, 15) is 4.79 Å². The number of Topliss-reactive ketones (excluding diaryl/α,β-unsaturated/α-hetero) is 1. The summed E-state index contributed by atoms with van der Waals surface area (Å²) in [6.45, 7) is 2.20. The summed E-state index contributed by atoms with van der Waals surface area (Å²) in [5.74, 6) is -0.163. The van der Waals surface area contributed by atoms with Gasteiger partial charge in [-0.1, -0.05) is 23.2 Å². The highest BCUT2D eigenvalue weighted by atomic mass is 35.5. The van der Waals surface area contributed by atoms with E-state index in [-0.39, 0.29) is 19.0 Å². The first-order chi connectivity index (χ1) is 9.01. The third-order valence-corrected chi connectivity index (χ3v) is 3.45. The summed E-state index contributed by atoms with van der Waals surface area (Å²) in [5, 5.41) is 18.7. The molecule has 0 aliphatic rings. The number of nitrogens with zero attached hydrogens (tertiary/aromatic N) is 1. The fraction of sp³-hybridized carbons (Fsp3) is 0.462. The van der Waals surface area contributed by atoms with Crippen LogP contribution < -0.4 is 0 Å². The quantitative estimate of drug-likeness (QED) is 0.755. The topological polar surface area (TPSA) is 60.8 Å². The highest BCUT2D eigenvalue weighted by Gasteiger charge is 2.23. The van der Waals surface area contributed by atoms with Gasteiger partial charge in [0.25, 0.3) is 0 Å². The summed E-state index contributed by atoms with van der Waals surface area (Å²) in [5.41, 5.74) is 0.388. The smallest absolute Gasteiger partial charge is 0.181 e. The maximum absolute atomic E-state index is 12.3. The molecule has 0 fully saturated rings. The molecule has 0 heterocycles. The van der Waals surface area contributed by atoms with Gasteiger partial charge >= 0.3 is 0 Å². The lowest BCUT2D eigenvalue weighted by molar-refractivity contribution is 0.0769. The molecule has 19 heavy (non-hydrogen) atoms. The van der Waals surface area contributed by atoms with Crippen LogP contribution in [-0.2, 0) is 0 Å². The van der Waals surface area contributed by atoms with Gasteiger partial charge in [0.1, 0.15) is 0 Å². The highest BCUT2D eigenvalue weighted by Crippen LogP contribution is 2.23. The second-order valence-corrected chi connectivity index (χ2v) is 4.99. The highest BCUT2D eigenvalue weighted by molar-refractivity contribution is 6.37. The molecule has 6 heteroatoms. The Labute approximate surface area is 122 Å². The number of carbonyl (C=O) groups excluding carboxylic acids is 1. The third-order valence-electron chi connectivity index (χ3n) is 2.90. The van der Waals surface area contributed by atoms with E-state index >= 15 is 0 Å². The molecule has 1 unspecified atom stereocenters. The average Bonchev–Trinajstić information content (AvgIpc) is 2.37. The van der Waals surface area contributed by atoms with Gasteiger partial charge in [-0.3, -0.25) is 9.69 Å². The van der Waals surface area contributed by atoms with Crippen molar-refractivity contribution in [1.82, 2.24) is 4.90 Å². The van der Waals surface area contributed by atoms with E-state index in [2.05, 4.69) is 0 Å². The number of halogens is 2. The fourth-order valence-corrected chi connectivity index (χ4v) is 2.34. The Bertz CT molecular complexity index is 434. The van der Waals surface area contributed by atoms with Crippen LogP contribution in [0.15, 0.2) is 18.2 Å². The number of benzene rings is 1. The van der Waals surface area contributed by atoms with Gasteiger partial charge in [0.15, 0.2) is 5.78 Å². The van der Waals surface area contributed by atoms with Crippen LogP contribution in [0.5, 0.6) is 0 Å². The zero-order valence-corrected chi connectivity index (χ0v) is 12.2. The Morgan fingerprint density at radius 3 is 2.32 bits per heavy atom. The summed E-state index contributed by atoms with van der Waals surface area (Å²) in [6.07, 6.45) is 0. The molecule has 1 rings (SSSR count). The minimum atomic E-state index is -0.474. The van der Waals surface area contributed by atoms with Crippen molar-refractivity contribution >= 4 is 29.0 Å². The minimum absolute atomic E-state index is 0.0774. The third kappa shape index (κ3) is 4.44. The number of hydrogen-bond acceptors (Lipinski definition) is 4. The van der Waals surface area contributed by atoms with Gasteiger partial charge in [-0.05, 0) is 25.1 Å². The standard InChI is InChI=1S/C13H17Cl2NO3/c1-9(16(4-6-17)5-7-18)13(19)11-3-2-10(14)8-12(11)15/h2-3,8-9,17-18H,4-7H2,1H3. The van der Waals surface area contributed by atoms with Gasteiger partial charge in [0.05, 0.1) is 24.3 Å². The molecule has 0 amide bonds. The minimum Gasteiger partial charge on any atom is -0.395 e. The van der Waals surface area contributed by atoms with Crippen molar-refractivity contribution in [3.8, 4) is 0 Å². The first-order valence-electron chi connectivity index (χ1n) is 5.96. The lowest BCUT2D eigenvalue weighted by atomic mass is 10.0. The van der Waals surface area contributed by atoms with Crippen LogP contribution >= 0.6 is 23.2 Å². The maximum Gasteiger partial charge on any atom is 0.181 e. The van der Waals surface area contributed by atoms with Gasteiger partial charge in [-0.2, -0.15) is 0 Å². The summed E-state index contributed by atoms with van der Waals surface area (Å²) >= 11 is 11.8. The van der Waals surface area contributed by atoms with E-state index in [0.717, 1.165) is 0 Å². The molecule has 0 aromatic heterocycles. The van der Waals surface area contributed by atoms with Crippen LogP contribution in [0.25, 0.3) is 0 Å². The largest absolute Gasteiger partial charge is 0.395 e. The van der Waals surface area contributed by atoms with Gasteiger partial charge in [-0.25, -0.2) is 0 Å². The Kier molecular flexibility index (Phi) is 6.75. The van der Waals surface area contributed by atoms with E-state index in [4.69, 9.17) is 33.4 Å². The Balaban J connectivity index is 2.90. The number of aliphatic hydroxyl groups excluding tert-OH is 2. The first-order valence-corrected chi connectivity index (χ1v) is 6.72. The van der Waals surface area contributed by atoms with Gasteiger partial charge in [0.2, 0.25) is 0 Å². The Morgan fingerprint density at radius 1 is 1.26 bits per heavy atom. The first kappa shape index (κ1) is 16.4. The van der Waals surface area contributed by atoms with Gasteiger partial charge in [-0.15, -0.1) is 0 Å². The molecule has 1 atom stereocenters. The van der Waals surface area contributed by atoms with Crippen molar-refractivity contribution in [2.45, 2.75) is 13.0 Å². The molecule has 0 spiro atoms. The van der Waals surface area contributed by atoms with Crippen molar-refractivity contribution in [2.24, 2.45) is 0 Å². The predicted octanol–water partition coefficient (Wildman–Crippen LogP) is 1.85. The monoisotopic (exact) mass is 305 g/mol. The van der Waals surface area contributed by atoms with Crippen LogP contribution in [0, 0.1) is 0 Å². The molecule has 2 N–H and O–H groups in total. The molecular formula is C13H17Cl2NO3. The van der Waals surface area contributed by atoms with E-state index in [0.29, 0.717) is 28.7 Å². The van der Waals surface area contributed by atoms with Crippen LogP contribution in [0.1, 0.15) is 17.3 Å². The van der Waals surface area contributed by atoms with Gasteiger partial charge < -0.3 is 10.2 Å². The average molecular weight is 306 g/mol. The lowest BCUT2D eigenvalue weighted by Gasteiger charge is -2.26. The van der Waals surface area contributed by atoms with Crippen molar-refractivity contribution < 1.29 is 15.0 Å². The molecule has 0 aliphatic carbocycles. The Morgan fingerprint density at radius 2 is 1.84 bits per heavy atom. The number of rotatable bonds is 7. The molecule has 0 saturated carbocycles. The summed E-state index contributed by atoms with van der Waals surface area (Å²) < 4.78 is 0. The number of hydrogen-bond donors (Lipinski definition) is 2.